The van der Waals surface area contributed by atoms with Crippen LogP contribution in [0.3, 0.4) is 0 Å². The molecule has 1 aliphatic rings. The van der Waals surface area contributed by atoms with Gasteiger partial charge in [-0.3, -0.25) is 14.9 Å². The first kappa shape index (κ1) is 12.0. The lowest BCUT2D eigenvalue weighted by Gasteiger charge is -2.28. The Labute approximate surface area is 103 Å². The lowest BCUT2D eigenvalue weighted by molar-refractivity contribution is -0.131. The number of hydrogen-bond donors (Lipinski definition) is 2. The zero-order chi connectivity index (χ0) is 13.3. The molecule has 2 rings (SSSR count). The second kappa shape index (κ2) is 4.40. The van der Waals surface area contributed by atoms with Crippen molar-refractivity contribution in [1.82, 2.24) is 5.32 Å². The molecule has 0 radical (unpaired) electrons. The molecule has 1 heterocycles. The second-order valence-electron chi connectivity index (χ2n) is 3.95. The number of benzene rings is 1. The number of hydrogen-bond acceptors (Lipinski definition) is 4. The molecule has 4 amide bonds. The van der Waals surface area contributed by atoms with Crippen LogP contribution in [-0.2, 0) is 9.59 Å². The van der Waals surface area contributed by atoms with Gasteiger partial charge in [-0.25, -0.2) is 9.69 Å². The van der Waals surface area contributed by atoms with Crippen LogP contribution in [0.25, 0.3) is 0 Å². The molecular formula is C12H11N3O3. The molecule has 2 N–H and O–H groups in total. The Kier molecular flexibility index (Phi) is 2.93. The first-order chi connectivity index (χ1) is 8.54. The Morgan fingerprint density at radius 1 is 1.22 bits per heavy atom. The number of aryl methyl sites for hydroxylation is 1. The van der Waals surface area contributed by atoms with Gasteiger partial charge in [0.25, 0.3) is 5.91 Å². The molecule has 0 saturated carbocycles. The summed E-state index contributed by atoms with van der Waals surface area (Å²) in [5.41, 5.74) is 1.37. The van der Waals surface area contributed by atoms with E-state index in [1.807, 2.05) is 12.2 Å². The highest BCUT2D eigenvalue weighted by molar-refractivity contribution is 6.32. The molecule has 6 heteroatoms. The minimum Gasteiger partial charge on any atom is -0.312 e. The summed E-state index contributed by atoms with van der Waals surface area (Å²) in [5, 5.41) is 9.12. The Balaban J connectivity index is 2.39. The molecule has 1 atom stereocenters. The van der Waals surface area contributed by atoms with Gasteiger partial charge < -0.3 is 5.41 Å². The largest absolute Gasteiger partial charge is 0.335 e. The van der Waals surface area contributed by atoms with Crippen molar-refractivity contribution in [3.8, 4) is 0 Å². The van der Waals surface area contributed by atoms with Crippen LogP contribution in [0.5, 0.6) is 0 Å². The first-order valence-corrected chi connectivity index (χ1v) is 5.30. The Morgan fingerprint density at radius 2 is 1.83 bits per heavy atom. The summed E-state index contributed by atoms with van der Waals surface area (Å²) in [5.74, 6) is -2.71. The maximum absolute atomic E-state index is 12.0. The van der Waals surface area contributed by atoms with Crippen LogP contribution < -0.4 is 10.2 Å². The molecule has 92 valence electrons. The van der Waals surface area contributed by atoms with E-state index >= 15 is 0 Å². The summed E-state index contributed by atoms with van der Waals surface area (Å²) in [6, 6.07) is 5.96. The van der Waals surface area contributed by atoms with Crippen molar-refractivity contribution < 1.29 is 14.4 Å². The number of rotatable bonds is 2. The number of anilines is 1. The van der Waals surface area contributed by atoms with Crippen molar-refractivity contribution in [3.05, 3.63) is 29.8 Å². The van der Waals surface area contributed by atoms with Gasteiger partial charge >= 0.3 is 6.03 Å². The molecule has 0 aromatic heterocycles. The van der Waals surface area contributed by atoms with Crippen LogP contribution in [0, 0.1) is 18.3 Å². The fourth-order valence-electron chi connectivity index (χ4n) is 1.68. The molecule has 0 bridgehead atoms. The predicted octanol–water partition coefficient (Wildman–Crippen LogP) is 0.844. The Hall–Kier alpha value is -2.50. The zero-order valence-corrected chi connectivity index (χ0v) is 9.64. The molecule has 0 unspecified atom stereocenters. The van der Waals surface area contributed by atoms with Crippen LogP contribution in [0.4, 0.5) is 10.5 Å². The van der Waals surface area contributed by atoms with Gasteiger partial charge in [-0.1, -0.05) is 17.7 Å². The number of imide groups is 2. The third kappa shape index (κ3) is 1.88. The summed E-state index contributed by atoms with van der Waals surface area (Å²) in [4.78, 5) is 35.8. The van der Waals surface area contributed by atoms with E-state index in [1.165, 1.54) is 0 Å². The number of barbiturate groups is 1. The Bertz CT molecular complexity index is 536. The van der Waals surface area contributed by atoms with E-state index in [0.29, 0.717) is 5.69 Å². The van der Waals surface area contributed by atoms with Crippen molar-refractivity contribution in [2.45, 2.75) is 6.92 Å². The van der Waals surface area contributed by atoms with E-state index < -0.39 is 23.8 Å². The first-order valence-electron chi connectivity index (χ1n) is 5.30. The fraction of sp³-hybridized carbons (Fsp3) is 0.167. The van der Waals surface area contributed by atoms with Gasteiger partial charge in [-0.15, -0.1) is 0 Å². The lowest BCUT2D eigenvalue weighted by Crippen LogP contribution is -2.58. The van der Waals surface area contributed by atoms with Crippen molar-refractivity contribution >= 4 is 29.7 Å². The third-order valence-corrected chi connectivity index (χ3v) is 2.66. The van der Waals surface area contributed by atoms with Gasteiger partial charge in [-0.05, 0) is 19.1 Å². The zero-order valence-electron chi connectivity index (χ0n) is 9.64. The van der Waals surface area contributed by atoms with E-state index in [4.69, 9.17) is 5.41 Å². The highest BCUT2D eigenvalue weighted by Gasteiger charge is 2.39. The molecule has 18 heavy (non-hydrogen) atoms. The molecule has 1 aromatic rings. The van der Waals surface area contributed by atoms with Crippen LogP contribution >= 0.6 is 0 Å². The molecule has 1 fully saturated rings. The van der Waals surface area contributed by atoms with Gasteiger partial charge in [0, 0.05) is 6.21 Å². The average Bonchev–Trinajstić information content (AvgIpc) is 2.31. The normalized spacial score (nSPS) is 19.7. The van der Waals surface area contributed by atoms with Gasteiger partial charge in [-0.2, -0.15) is 0 Å². The molecule has 0 spiro atoms. The predicted molar refractivity (Wildman–Crippen MR) is 64.5 cm³/mol. The van der Waals surface area contributed by atoms with Crippen molar-refractivity contribution in [2.24, 2.45) is 5.92 Å². The number of amides is 4. The Morgan fingerprint density at radius 3 is 2.39 bits per heavy atom. The minimum absolute atomic E-state index is 0.377. The summed E-state index contributed by atoms with van der Waals surface area (Å²) in [7, 11) is 0. The second-order valence-corrected chi connectivity index (χ2v) is 3.95. The van der Waals surface area contributed by atoms with E-state index in [2.05, 4.69) is 0 Å². The summed E-state index contributed by atoms with van der Waals surface area (Å²) in [6.07, 6.45) is 0.727. The number of nitrogens with one attached hydrogen (secondary N) is 2. The van der Waals surface area contributed by atoms with Crippen LogP contribution in [0.1, 0.15) is 5.56 Å². The fourth-order valence-corrected chi connectivity index (χ4v) is 1.68. The van der Waals surface area contributed by atoms with Crippen LogP contribution in [-0.4, -0.2) is 24.1 Å². The van der Waals surface area contributed by atoms with Crippen molar-refractivity contribution in [1.29, 1.82) is 5.41 Å². The van der Waals surface area contributed by atoms with Gasteiger partial charge in [0.05, 0.1) is 5.69 Å². The van der Waals surface area contributed by atoms with Crippen molar-refractivity contribution in [2.75, 3.05) is 4.90 Å². The lowest BCUT2D eigenvalue weighted by atomic mass is 10.1. The maximum Gasteiger partial charge on any atom is 0.335 e. The molecular weight excluding hydrogens is 234 g/mol. The average molecular weight is 245 g/mol. The summed E-state index contributed by atoms with van der Waals surface area (Å²) >= 11 is 0. The van der Waals surface area contributed by atoms with Gasteiger partial charge in [0.1, 0.15) is 0 Å². The van der Waals surface area contributed by atoms with Gasteiger partial charge in [0.2, 0.25) is 5.91 Å². The molecule has 6 nitrogen and oxygen atoms in total. The summed E-state index contributed by atoms with van der Waals surface area (Å²) < 4.78 is 0. The third-order valence-electron chi connectivity index (χ3n) is 2.66. The number of nitrogens with zero attached hydrogens (tertiary/aromatic N) is 1. The molecule has 1 aliphatic heterocycles. The number of urea groups is 1. The minimum atomic E-state index is -1.25. The topological polar surface area (TPSA) is 90.3 Å². The summed E-state index contributed by atoms with van der Waals surface area (Å²) in [6.45, 7) is 1.88. The van der Waals surface area contributed by atoms with Crippen LogP contribution in [0.15, 0.2) is 24.3 Å². The van der Waals surface area contributed by atoms with E-state index in [0.717, 1.165) is 16.7 Å². The number of carbonyl (C=O) groups excluding carboxylic acids is 3. The number of carbonyl (C=O) groups is 3. The van der Waals surface area contributed by atoms with Crippen molar-refractivity contribution in [3.63, 3.8) is 0 Å². The quantitative estimate of drug-likeness (QED) is 0.597. The molecule has 1 aromatic carbocycles. The molecule has 0 aliphatic carbocycles. The van der Waals surface area contributed by atoms with E-state index in [1.54, 1.807) is 24.3 Å². The highest BCUT2D eigenvalue weighted by Crippen LogP contribution is 2.20. The highest BCUT2D eigenvalue weighted by atomic mass is 16.2. The standard InChI is InChI=1S/C12H11N3O3/c1-7-2-4-8(5-3-7)15-11(17)9(6-13)10(16)14-12(15)18/h2-6,9,13H,1H3,(H,14,16,18)/t9-/m0/s1. The van der Waals surface area contributed by atoms with E-state index in [-0.39, 0.29) is 0 Å². The van der Waals surface area contributed by atoms with Gasteiger partial charge in [0.15, 0.2) is 5.92 Å². The van der Waals surface area contributed by atoms with E-state index in [9.17, 15) is 14.4 Å². The molecule has 1 saturated heterocycles. The monoisotopic (exact) mass is 245 g/mol. The maximum atomic E-state index is 12.0. The van der Waals surface area contributed by atoms with Crippen LogP contribution in [0.2, 0.25) is 0 Å². The smallest absolute Gasteiger partial charge is 0.312 e. The SMILES string of the molecule is Cc1ccc(N2C(=O)NC(=O)[C@H](C=N)C2=O)cc1.